The molecule has 0 aromatic rings. The Morgan fingerprint density at radius 2 is 2.38 bits per heavy atom. The quantitative estimate of drug-likeness (QED) is 0.578. The van der Waals surface area contributed by atoms with Gasteiger partial charge in [-0.1, -0.05) is 18.2 Å². The minimum Gasteiger partial charge on any atom is -0.394 e. The van der Waals surface area contributed by atoms with E-state index in [0.717, 1.165) is 0 Å². The molecule has 0 saturated heterocycles. The van der Waals surface area contributed by atoms with Crippen LogP contribution in [0.5, 0.6) is 0 Å². The molecular formula is C5H9ClO2. The maximum atomic E-state index is 8.18. The van der Waals surface area contributed by atoms with Crippen molar-refractivity contribution in [2.75, 3.05) is 19.8 Å². The lowest BCUT2D eigenvalue weighted by molar-refractivity contribution is 0.110. The maximum absolute atomic E-state index is 8.18. The molecule has 0 rings (SSSR count). The minimum atomic E-state index is 0.0319. The number of hydrogen-bond acceptors (Lipinski definition) is 2. The largest absolute Gasteiger partial charge is 0.394 e. The van der Waals surface area contributed by atoms with E-state index in [4.69, 9.17) is 21.4 Å². The average molecular weight is 137 g/mol. The molecule has 0 unspecified atom stereocenters. The molecule has 0 amide bonds. The monoisotopic (exact) mass is 136 g/mol. The van der Waals surface area contributed by atoms with Gasteiger partial charge in [-0.25, -0.2) is 0 Å². The van der Waals surface area contributed by atoms with Crippen molar-refractivity contribution in [3.05, 3.63) is 11.6 Å². The molecule has 0 bridgehead atoms. The number of hydrogen-bond donors (Lipinski definition) is 1. The lowest BCUT2D eigenvalue weighted by Gasteiger charge is -1.96. The second-order valence-corrected chi connectivity index (χ2v) is 1.83. The zero-order valence-electron chi connectivity index (χ0n) is 4.56. The fourth-order valence-corrected chi connectivity index (χ4v) is 0.325. The van der Waals surface area contributed by atoms with E-state index < -0.39 is 0 Å². The third kappa shape index (κ3) is 5.95. The summed E-state index contributed by atoms with van der Waals surface area (Å²) in [6, 6.07) is 0. The van der Waals surface area contributed by atoms with E-state index in [2.05, 4.69) is 6.58 Å². The molecule has 0 heterocycles. The van der Waals surface area contributed by atoms with Gasteiger partial charge in [0, 0.05) is 5.03 Å². The van der Waals surface area contributed by atoms with E-state index in [1.165, 1.54) is 0 Å². The molecule has 0 fully saturated rings. The predicted octanol–water partition coefficient (Wildman–Crippen LogP) is 0.748. The van der Waals surface area contributed by atoms with Crippen molar-refractivity contribution in [3.63, 3.8) is 0 Å². The van der Waals surface area contributed by atoms with E-state index in [9.17, 15) is 0 Å². The highest BCUT2D eigenvalue weighted by Crippen LogP contribution is 1.94. The van der Waals surface area contributed by atoms with Gasteiger partial charge in [0.1, 0.15) is 0 Å². The lowest BCUT2D eigenvalue weighted by atomic mass is 10.7. The number of ether oxygens (including phenoxy) is 1. The van der Waals surface area contributed by atoms with Gasteiger partial charge in [-0.2, -0.15) is 0 Å². The Morgan fingerprint density at radius 3 is 2.75 bits per heavy atom. The third-order valence-electron chi connectivity index (χ3n) is 0.494. The molecule has 3 heteroatoms. The van der Waals surface area contributed by atoms with E-state index in [1.54, 1.807) is 0 Å². The number of aliphatic hydroxyl groups excluding tert-OH is 1. The van der Waals surface area contributed by atoms with Crippen molar-refractivity contribution in [2.24, 2.45) is 0 Å². The summed E-state index contributed by atoms with van der Waals surface area (Å²) in [5.41, 5.74) is 0. The normalized spacial score (nSPS) is 9.25. The van der Waals surface area contributed by atoms with Crippen LogP contribution in [0.25, 0.3) is 0 Å². The van der Waals surface area contributed by atoms with Gasteiger partial charge in [0.2, 0.25) is 0 Å². The van der Waals surface area contributed by atoms with Gasteiger partial charge in [-0.05, 0) is 0 Å². The van der Waals surface area contributed by atoms with Crippen molar-refractivity contribution < 1.29 is 9.84 Å². The van der Waals surface area contributed by atoms with Crippen LogP contribution in [0.15, 0.2) is 11.6 Å². The fourth-order valence-electron chi connectivity index (χ4n) is 0.247. The Morgan fingerprint density at radius 1 is 1.75 bits per heavy atom. The Hall–Kier alpha value is -0.0500. The summed E-state index contributed by atoms with van der Waals surface area (Å²) >= 11 is 5.31. The molecule has 48 valence electrons. The van der Waals surface area contributed by atoms with Crippen LogP contribution < -0.4 is 0 Å². The number of halogens is 1. The molecule has 0 aliphatic rings. The first-order valence-electron chi connectivity index (χ1n) is 2.29. The zero-order chi connectivity index (χ0) is 6.41. The van der Waals surface area contributed by atoms with E-state index in [-0.39, 0.29) is 6.61 Å². The van der Waals surface area contributed by atoms with Crippen molar-refractivity contribution in [3.8, 4) is 0 Å². The number of rotatable bonds is 4. The first kappa shape index (κ1) is 7.95. The van der Waals surface area contributed by atoms with Crippen LogP contribution in [0.4, 0.5) is 0 Å². The second kappa shape index (κ2) is 5.09. The van der Waals surface area contributed by atoms with Crippen molar-refractivity contribution in [1.29, 1.82) is 0 Å². The lowest BCUT2D eigenvalue weighted by Crippen LogP contribution is -1.99. The molecule has 8 heavy (non-hydrogen) atoms. The van der Waals surface area contributed by atoms with Crippen LogP contribution in [0.3, 0.4) is 0 Å². The van der Waals surface area contributed by atoms with E-state index >= 15 is 0 Å². The molecule has 0 aliphatic carbocycles. The molecule has 0 radical (unpaired) electrons. The minimum absolute atomic E-state index is 0.0319. The van der Waals surface area contributed by atoms with Gasteiger partial charge >= 0.3 is 0 Å². The molecule has 0 aliphatic heterocycles. The van der Waals surface area contributed by atoms with Gasteiger partial charge in [0.15, 0.2) is 0 Å². The summed E-state index contributed by atoms with van der Waals surface area (Å²) in [7, 11) is 0. The Kier molecular flexibility index (Phi) is 5.06. The summed E-state index contributed by atoms with van der Waals surface area (Å²) in [5, 5.41) is 8.64. The maximum Gasteiger partial charge on any atom is 0.0818 e. The Labute approximate surface area is 53.7 Å². The molecule has 0 aromatic carbocycles. The highest BCUT2D eigenvalue weighted by atomic mass is 35.5. The van der Waals surface area contributed by atoms with Gasteiger partial charge in [0.05, 0.1) is 19.8 Å². The first-order valence-corrected chi connectivity index (χ1v) is 2.67. The molecule has 1 N–H and O–H groups in total. The van der Waals surface area contributed by atoms with Crippen LogP contribution in [0, 0.1) is 0 Å². The summed E-state index contributed by atoms with van der Waals surface area (Å²) in [4.78, 5) is 0. The van der Waals surface area contributed by atoms with Crippen LogP contribution >= 0.6 is 11.6 Å². The topological polar surface area (TPSA) is 29.5 Å². The number of aliphatic hydroxyl groups is 1. The second-order valence-electron chi connectivity index (χ2n) is 1.29. The van der Waals surface area contributed by atoms with Crippen LogP contribution in [0.2, 0.25) is 0 Å². The van der Waals surface area contributed by atoms with Gasteiger partial charge in [0.25, 0.3) is 0 Å². The average Bonchev–Trinajstić information content (AvgIpc) is 1.66. The third-order valence-corrected chi connectivity index (χ3v) is 0.603. The van der Waals surface area contributed by atoms with Crippen LogP contribution in [0.1, 0.15) is 0 Å². The summed E-state index contributed by atoms with van der Waals surface area (Å²) in [5.74, 6) is 0. The molecule has 2 nitrogen and oxygen atoms in total. The molecule has 0 atom stereocenters. The van der Waals surface area contributed by atoms with Crippen LogP contribution in [-0.2, 0) is 4.74 Å². The van der Waals surface area contributed by atoms with Crippen molar-refractivity contribution in [2.45, 2.75) is 0 Å². The standard InChI is InChI=1S/C5H9ClO2/c1-5(6)4-8-3-2-7/h7H,1-4H2. The van der Waals surface area contributed by atoms with Gasteiger partial charge < -0.3 is 9.84 Å². The molecule has 0 aromatic heterocycles. The van der Waals surface area contributed by atoms with Gasteiger partial charge in [-0.15, -0.1) is 0 Å². The highest BCUT2D eigenvalue weighted by Gasteiger charge is 1.85. The molecule has 0 saturated carbocycles. The zero-order valence-corrected chi connectivity index (χ0v) is 5.32. The van der Waals surface area contributed by atoms with E-state index in [0.29, 0.717) is 18.2 Å². The smallest absolute Gasteiger partial charge is 0.0818 e. The SMILES string of the molecule is C=C(Cl)COCCO. The summed E-state index contributed by atoms with van der Waals surface area (Å²) in [6.45, 7) is 4.06. The summed E-state index contributed by atoms with van der Waals surface area (Å²) in [6.07, 6.45) is 0. The molecule has 0 spiro atoms. The van der Waals surface area contributed by atoms with Crippen LogP contribution in [-0.4, -0.2) is 24.9 Å². The summed E-state index contributed by atoms with van der Waals surface area (Å²) < 4.78 is 4.76. The Bertz CT molecular complexity index is 72.8. The Balaban J connectivity index is 2.82. The van der Waals surface area contributed by atoms with Crippen molar-refractivity contribution >= 4 is 11.6 Å². The highest BCUT2D eigenvalue weighted by molar-refractivity contribution is 6.29. The van der Waals surface area contributed by atoms with E-state index in [1.807, 2.05) is 0 Å². The predicted molar refractivity (Wildman–Crippen MR) is 32.9 cm³/mol. The first-order chi connectivity index (χ1) is 3.77. The molecular weight excluding hydrogens is 128 g/mol. The fraction of sp³-hybridized carbons (Fsp3) is 0.600. The van der Waals surface area contributed by atoms with Gasteiger partial charge in [-0.3, -0.25) is 0 Å². The van der Waals surface area contributed by atoms with Crippen molar-refractivity contribution in [1.82, 2.24) is 0 Å².